The van der Waals surface area contributed by atoms with E-state index in [1.54, 1.807) is 18.2 Å². The summed E-state index contributed by atoms with van der Waals surface area (Å²) in [5.41, 5.74) is 1.25. The van der Waals surface area contributed by atoms with Crippen LogP contribution in [0.1, 0.15) is 69.7 Å². The molecule has 0 bridgehead atoms. The van der Waals surface area contributed by atoms with Crippen molar-refractivity contribution < 1.29 is 9.59 Å². The maximum absolute atomic E-state index is 12.1. The van der Waals surface area contributed by atoms with Gasteiger partial charge >= 0.3 is 0 Å². The van der Waals surface area contributed by atoms with Crippen LogP contribution in [0.2, 0.25) is 0 Å². The van der Waals surface area contributed by atoms with Gasteiger partial charge in [-0.15, -0.1) is 0 Å². The van der Waals surface area contributed by atoms with Crippen molar-refractivity contribution >= 4 is 17.5 Å². The molecule has 0 fully saturated rings. The van der Waals surface area contributed by atoms with Crippen LogP contribution >= 0.6 is 0 Å². The van der Waals surface area contributed by atoms with E-state index in [9.17, 15) is 9.59 Å². The minimum atomic E-state index is -0.103. The average Bonchev–Trinajstić information content (AvgIpc) is 2.51. The fraction of sp³-hybridized carbons (Fsp3) is 0.556. The third-order valence-electron chi connectivity index (χ3n) is 3.66. The lowest BCUT2D eigenvalue weighted by atomic mass is 10.1. The average molecular weight is 304 g/mol. The molecule has 2 N–H and O–H groups in total. The quantitative estimate of drug-likeness (QED) is 0.674. The number of amides is 2. The molecule has 0 radical (unpaired) electrons. The largest absolute Gasteiger partial charge is 0.350 e. The summed E-state index contributed by atoms with van der Waals surface area (Å²) in [6, 6.07) is 7.22. The van der Waals surface area contributed by atoms with E-state index < -0.39 is 0 Å². The van der Waals surface area contributed by atoms with Gasteiger partial charge in [-0.25, -0.2) is 0 Å². The van der Waals surface area contributed by atoms with Gasteiger partial charge in [-0.2, -0.15) is 0 Å². The third kappa shape index (κ3) is 6.74. The third-order valence-corrected chi connectivity index (χ3v) is 3.66. The summed E-state index contributed by atoms with van der Waals surface area (Å²) in [5, 5.41) is 5.79. The second-order valence-corrected chi connectivity index (χ2v) is 5.72. The molecule has 1 unspecified atom stereocenters. The Kier molecular flexibility index (Phi) is 8.26. The summed E-state index contributed by atoms with van der Waals surface area (Å²) in [7, 11) is 0. The Morgan fingerprint density at radius 1 is 1.14 bits per heavy atom. The van der Waals surface area contributed by atoms with E-state index in [0.717, 1.165) is 25.7 Å². The second kappa shape index (κ2) is 9.98. The molecule has 0 aliphatic rings. The van der Waals surface area contributed by atoms with Crippen LogP contribution in [0.4, 0.5) is 5.69 Å². The first-order valence-corrected chi connectivity index (χ1v) is 8.27. The van der Waals surface area contributed by atoms with Crippen molar-refractivity contribution in [1.82, 2.24) is 5.32 Å². The minimum Gasteiger partial charge on any atom is -0.350 e. The number of benzene rings is 1. The Morgan fingerprint density at radius 3 is 2.59 bits per heavy atom. The van der Waals surface area contributed by atoms with Crippen molar-refractivity contribution in [3.05, 3.63) is 29.8 Å². The molecular weight excluding hydrogens is 276 g/mol. The molecule has 122 valence electrons. The number of hydrogen-bond donors (Lipinski definition) is 2. The predicted octanol–water partition coefficient (Wildman–Crippen LogP) is 4.12. The Labute approximate surface area is 133 Å². The van der Waals surface area contributed by atoms with Gasteiger partial charge in [0, 0.05) is 23.7 Å². The molecule has 0 saturated heterocycles. The molecule has 0 spiro atoms. The molecular formula is C18H28N2O2. The van der Waals surface area contributed by atoms with E-state index in [2.05, 4.69) is 17.6 Å². The van der Waals surface area contributed by atoms with E-state index in [0.29, 0.717) is 17.7 Å². The number of unbranched alkanes of at least 4 members (excludes halogenated alkanes) is 3. The topological polar surface area (TPSA) is 58.2 Å². The van der Waals surface area contributed by atoms with Crippen molar-refractivity contribution in [3.63, 3.8) is 0 Å². The smallest absolute Gasteiger partial charge is 0.251 e. The Balaban J connectivity index is 2.53. The van der Waals surface area contributed by atoms with Gasteiger partial charge in [0.2, 0.25) is 5.91 Å². The second-order valence-electron chi connectivity index (χ2n) is 5.72. The van der Waals surface area contributed by atoms with Crippen molar-refractivity contribution in [1.29, 1.82) is 0 Å². The summed E-state index contributed by atoms with van der Waals surface area (Å²) >= 11 is 0. The Hall–Kier alpha value is -1.84. The molecule has 0 heterocycles. The highest BCUT2D eigenvalue weighted by Crippen LogP contribution is 2.12. The molecule has 1 aromatic rings. The number of hydrogen-bond acceptors (Lipinski definition) is 2. The van der Waals surface area contributed by atoms with Crippen LogP contribution in [0.15, 0.2) is 24.3 Å². The van der Waals surface area contributed by atoms with Gasteiger partial charge in [0.05, 0.1) is 0 Å². The zero-order valence-electron chi connectivity index (χ0n) is 13.9. The Bertz CT molecular complexity index is 486. The molecule has 1 aromatic carbocycles. The predicted molar refractivity (Wildman–Crippen MR) is 91.0 cm³/mol. The van der Waals surface area contributed by atoms with Crippen LogP contribution in [0.3, 0.4) is 0 Å². The minimum absolute atomic E-state index is 0.00980. The lowest BCUT2D eigenvalue weighted by Crippen LogP contribution is -2.31. The Morgan fingerprint density at radius 2 is 1.91 bits per heavy atom. The standard InChI is InChI=1S/C18H28N2O2/c1-4-6-7-8-12-17(21)20-16-11-9-10-15(13-16)18(22)19-14(3)5-2/h9-11,13-14H,4-8,12H2,1-3H3,(H,19,22)(H,20,21). The molecule has 22 heavy (non-hydrogen) atoms. The SMILES string of the molecule is CCCCCCC(=O)Nc1cccc(C(=O)NC(C)CC)c1. The summed E-state index contributed by atoms with van der Waals surface area (Å²) < 4.78 is 0. The number of carbonyl (C=O) groups excluding carboxylic acids is 2. The first kappa shape index (κ1) is 18.2. The first-order valence-electron chi connectivity index (χ1n) is 8.27. The van der Waals surface area contributed by atoms with E-state index in [1.165, 1.54) is 6.42 Å². The lowest BCUT2D eigenvalue weighted by Gasteiger charge is -2.12. The highest BCUT2D eigenvalue weighted by Gasteiger charge is 2.10. The van der Waals surface area contributed by atoms with Crippen LogP contribution in [-0.4, -0.2) is 17.9 Å². The molecule has 0 saturated carbocycles. The highest BCUT2D eigenvalue weighted by molar-refractivity contribution is 5.97. The number of nitrogens with one attached hydrogen (secondary N) is 2. The molecule has 4 heteroatoms. The summed E-state index contributed by atoms with van der Waals surface area (Å²) in [6.07, 6.45) is 5.74. The molecule has 1 rings (SSSR count). The van der Waals surface area contributed by atoms with Gasteiger partial charge < -0.3 is 10.6 Å². The van der Waals surface area contributed by atoms with Crippen LogP contribution < -0.4 is 10.6 Å². The van der Waals surface area contributed by atoms with E-state index in [-0.39, 0.29) is 17.9 Å². The van der Waals surface area contributed by atoms with Crippen molar-refractivity contribution in [2.45, 2.75) is 65.3 Å². The molecule has 0 aliphatic heterocycles. The van der Waals surface area contributed by atoms with Crippen LogP contribution in [0, 0.1) is 0 Å². The van der Waals surface area contributed by atoms with Gasteiger partial charge in [-0.05, 0) is 38.0 Å². The number of carbonyl (C=O) groups is 2. The van der Waals surface area contributed by atoms with Gasteiger partial charge in [0.25, 0.3) is 5.91 Å². The summed E-state index contributed by atoms with van der Waals surface area (Å²) in [4.78, 5) is 23.9. The summed E-state index contributed by atoms with van der Waals surface area (Å²) in [6.45, 7) is 6.15. The number of rotatable bonds is 9. The van der Waals surface area contributed by atoms with Gasteiger partial charge in [0.1, 0.15) is 0 Å². The van der Waals surface area contributed by atoms with Crippen LogP contribution in [-0.2, 0) is 4.79 Å². The molecule has 4 nitrogen and oxygen atoms in total. The van der Waals surface area contributed by atoms with Crippen molar-refractivity contribution in [2.24, 2.45) is 0 Å². The van der Waals surface area contributed by atoms with E-state index in [1.807, 2.05) is 19.9 Å². The highest BCUT2D eigenvalue weighted by atomic mass is 16.2. The number of anilines is 1. The molecule has 0 aromatic heterocycles. The molecule has 1 atom stereocenters. The fourth-order valence-electron chi connectivity index (χ4n) is 2.08. The van der Waals surface area contributed by atoms with Crippen LogP contribution in [0.25, 0.3) is 0 Å². The molecule has 0 aliphatic carbocycles. The zero-order chi connectivity index (χ0) is 16.4. The lowest BCUT2D eigenvalue weighted by molar-refractivity contribution is -0.116. The fourth-order valence-corrected chi connectivity index (χ4v) is 2.08. The van der Waals surface area contributed by atoms with Gasteiger partial charge in [0.15, 0.2) is 0 Å². The van der Waals surface area contributed by atoms with E-state index in [4.69, 9.17) is 0 Å². The van der Waals surface area contributed by atoms with Gasteiger partial charge in [-0.1, -0.05) is 39.2 Å². The summed E-state index contributed by atoms with van der Waals surface area (Å²) in [5.74, 6) is -0.0935. The van der Waals surface area contributed by atoms with Gasteiger partial charge in [-0.3, -0.25) is 9.59 Å². The zero-order valence-corrected chi connectivity index (χ0v) is 13.9. The van der Waals surface area contributed by atoms with Crippen LogP contribution in [0.5, 0.6) is 0 Å². The first-order chi connectivity index (χ1) is 10.6. The van der Waals surface area contributed by atoms with Crippen molar-refractivity contribution in [3.8, 4) is 0 Å². The van der Waals surface area contributed by atoms with Crippen molar-refractivity contribution in [2.75, 3.05) is 5.32 Å². The maximum atomic E-state index is 12.1. The monoisotopic (exact) mass is 304 g/mol. The normalized spacial score (nSPS) is 11.8. The maximum Gasteiger partial charge on any atom is 0.251 e. The van der Waals surface area contributed by atoms with E-state index >= 15 is 0 Å². The molecule has 2 amide bonds.